The smallest absolute Gasteiger partial charge is 0.264 e. The summed E-state index contributed by atoms with van der Waals surface area (Å²) < 4.78 is 29.0. The van der Waals surface area contributed by atoms with Crippen LogP contribution in [0, 0.1) is 6.92 Å². The van der Waals surface area contributed by atoms with Gasteiger partial charge >= 0.3 is 0 Å². The maximum absolute atomic E-state index is 14.2. The van der Waals surface area contributed by atoms with E-state index in [2.05, 4.69) is 5.32 Å². The second-order valence-corrected chi connectivity index (χ2v) is 12.4. The maximum atomic E-state index is 14.2. The number of carbonyl (C=O) groups is 2. The normalized spacial score (nSPS) is 11.9. The van der Waals surface area contributed by atoms with Gasteiger partial charge in [0.15, 0.2) is 0 Å². The Kier molecular flexibility index (Phi) is 10.3. The number of amides is 2. The molecule has 4 aromatic rings. The number of carbonyl (C=O) groups excluding carboxylic acids is 2. The second kappa shape index (κ2) is 13.9. The monoisotopic (exact) mass is 623 g/mol. The molecule has 0 aliphatic carbocycles. The highest BCUT2D eigenvalue weighted by Gasteiger charge is 2.34. The Morgan fingerprint density at radius 3 is 1.98 bits per heavy atom. The lowest BCUT2D eigenvalue weighted by Crippen LogP contribution is -2.53. The fourth-order valence-electron chi connectivity index (χ4n) is 4.51. The summed E-state index contributed by atoms with van der Waals surface area (Å²) in [4.78, 5) is 29.0. The first-order chi connectivity index (χ1) is 20.1. The van der Waals surface area contributed by atoms with Crippen LogP contribution in [0.2, 0.25) is 10.0 Å². The third-order valence-corrected chi connectivity index (χ3v) is 9.32. The molecule has 0 saturated heterocycles. The molecule has 0 spiro atoms. The van der Waals surface area contributed by atoms with E-state index in [1.807, 2.05) is 67.6 Å². The first-order valence-electron chi connectivity index (χ1n) is 13.2. The number of likely N-dealkylation sites (N-methyl/N-ethyl adjacent to an activating group) is 1. The SMILES string of the molecule is CNC(=O)[C@H](Cc1ccccc1)N(Cc1ccccc1)C(=O)CN(c1ccc(Cl)c(Cl)c1)S(=O)(=O)c1ccc(C)cc1. The van der Waals surface area contributed by atoms with Gasteiger partial charge in [-0.3, -0.25) is 13.9 Å². The Hall–Kier alpha value is -3.85. The zero-order valence-electron chi connectivity index (χ0n) is 23.2. The number of sulfonamides is 1. The highest BCUT2D eigenvalue weighted by atomic mass is 35.5. The number of benzene rings is 4. The van der Waals surface area contributed by atoms with Gasteiger partial charge in [-0.25, -0.2) is 8.42 Å². The lowest BCUT2D eigenvalue weighted by Gasteiger charge is -2.33. The number of halogens is 2. The molecule has 0 aliphatic heterocycles. The van der Waals surface area contributed by atoms with Crippen molar-refractivity contribution in [1.82, 2.24) is 10.2 Å². The molecular formula is C32H31Cl2N3O4S. The topological polar surface area (TPSA) is 86.8 Å². The van der Waals surface area contributed by atoms with Gasteiger partial charge in [0.2, 0.25) is 11.8 Å². The fourth-order valence-corrected chi connectivity index (χ4v) is 6.21. The van der Waals surface area contributed by atoms with E-state index in [4.69, 9.17) is 23.2 Å². The van der Waals surface area contributed by atoms with Crippen molar-refractivity contribution in [3.05, 3.63) is 130 Å². The summed E-state index contributed by atoms with van der Waals surface area (Å²) in [5.41, 5.74) is 2.69. The van der Waals surface area contributed by atoms with Crippen molar-refractivity contribution in [1.29, 1.82) is 0 Å². The van der Waals surface area contributed by atoms with Crippen LogP contribution in [0.25, 0.3) is 0 Å². The number of hydrogen-bond acceptors (Lipinski definition) is 4. The third-order valence-electron chi connectivity index (χ3n) is 6.79. The van der Waals surface area contributed by atoms with Crippen molar-refractivity contribution in [3.63, 3.8) is 0 Å². The highest BCUT2D eigenvalue weighted by molar-refractivity contribution is 7.92. The minimum Gasteiger partial charge on any atom is -0.357 e. The number of nitrogens with one attached hydrogen (secondary N) is 1. The first kappa shape index (κ1) is 31.1. The maximum Gasteiger partial charge on any atom is 0.264 e. The molecule has 2 amide bonds. The average molecular weight is 625 g/mol. The predicted octanol–water partition coefficient (Wildman–Crippen LogP) is 5.88. The van der Waals surface area contributed by atoms with E-state index in [1.54, 1.807) is 12.1 Å². The molecule has 218 valence electrons. The second-order valence-electron chi connectivity index (χ2n) is 9.75. The van der Waals surface area contributed by atoms with Gasteiger partial charge in [-0.05, 0) is 48.4 Å². The van der Waals surface area contributed by atoms with Crippen LogP contribution in [0.4, 0.5) is 5.69 Å². The molecule has 10 heteroatoms. The number of aryl methyl sites for hydroxylation is 1. The van der Waals surface area contributed by atoms with Crippen LogP contribution in [-0.2, 0) is 32.6 Å². The van der Waals surface area contributed by atoms with Crippen molar-refractivity contribution >= 4 is 50.7 Å². The van der Waals surface area contributed by atoms with E-state index in [9.17, 15) is 18.0 Å². The molecular weight excluding hydrogens is 593 g/mol. The average Bonchev–Trinajstić information content (AvgIpc) is 2.99. The quantitative estimate of drug-likeness (QED) is 0.226. The Labute approximate surface area is 256 Å². The summed E-state index contributed by atoms with van der Waals surface area (Å²) in [7, 11) is -2.72. The predicted molar refractivity (Wildman–Crippen MR) is 167 cm³/mol. The molecule has 0 aromatic heterocycles. The minimum absolute atomic E-state index is 0.00807. The number of nitrogens with zero attached hydrogens (tertiary/aromatic N) is 2. The van der Waals surface area contributed by atoms with Crippen LogP contribution in [0.5, 0.6) is 0 Å². The van der Waals surface area contributed by atoms with Gasteiger partial charge in [0, 0.05) is 20.0 Å². The third kappa shape index (κ3) is 7.50. The van der Waals surface area contributed by atoms with E-state index in [-0.39, 0.29) is 39.5 Å². The summed E-state index contributed by atoms with van der Waals surface area (Å²) in [6, 6.07) is 28.4. The van der Waals surface area contributed by atoms with Crippen molar-refractivity contribution < 1.29 is 18.0 Å². The Morgan fingerprint density at radius 1 is 0.810 bits per heavy atom. The van der Waals surface area contributed by atoms with Crippen molar-refractivity contribution in [2.45, 2.75) is 30.8 Å². The Balaban J connectivity index is 1.79. The van der Waals surface area contributed by atoms with Crippen molar-refractivity contribution in [2.24, 2.45) is 0 Å². The summed E-state index contributed by atoms with van der Waals surface area (Å²) in [6.07, 6.45) is 0.233. The summed E-state index contributed by atoms with van der Waals surface area (Å²) in [5, 5.41) is 3.05. The van der Waals surface area contributed by atoms with E-state index < -0.39 is 28.5 Å². The Bertz CT molecular complexity index is 1630. The van der Waals surface area contributed by atoms with Crippen LogP contribution in [0.15, 0.2) is 108 Å². The molecule has 1 N–H and O–H groups in total. The number of hydrogen-bond donors (Lipinski definition) is 1. The lowest BCUT2D eigenvalue weighted by molar-refractivity contribution is -0.139. The van der Waals surface area contributed by atoms with E-state index >= 15 is 0 Å². The Morgan fingerprint density at radius 2 is 1.40 bits per heavy atom. The molecule has 0 radical (unpaired) electrons. The van der Waals surface area contributed by atoms with Crippen LogP contribution < -0.4 is 9.62 Å². The molecule has 0 unspecified atom stereocenters. The van der Waals surface area contributed by atoms with Gasteiger partial charge in [0.25, 0.3) is 10.0 Å². The zero-order valence-corrected chi connectivity index (χ0v) is 25.5. The van der Waals surface area contributed by atoms with Crippen molar-refractivity contribution in [3.8, 4) is 0 Å². The largest absolute Gasteiger partial charge is 0.357 e. The van der Waals surface area contributed by atoms with Gasteiger partial charge in [-0.2, -0.15) is 0 Å². The molecule has 0 fully saturated rings. The summed E-state index contributed by atoms with van der Waals surface area (Å²) in [6.45, 7) is 1.36. The highest BCUT2D eigenvalue weighted by Crippen LogP contribution is 2.31. The minimum atomic E-state index is -4.23. The van der Waals surface area contributed by atoms with Gasteiger partial charge in [0.05, 0.1) is 20.6 Å². The molecule has 4 aromatic carbocycles. The van der Waals surface area contributed by atoms with Gasteiger partial charge in [-0.15, -0.1) is 0 Å². The van der Waals surface area contributed by atoms with Crippen molar-refractivity contribution in [2.75, 3.05) is 17.9 Å². The van der Waals surface area contributed by atoms with E-state index in [0.29, 0.717) is 0 Å². The van der Waals surface area contributed by atoms with E-state index in [0.717, 1.165) is 21.0 Å². The molecule has 0 bridgehead atoms. The number of rotatable bonds is 11. The fraction of sp³-hybridized carbons (Fsp3) is 0.188. The summed E-state index contributed by atoms with van der Waals surface area (Å²) >= 11 is 12.4. The molecule has 0 heterocycles. The number of anilines is 1. The lowest BCUT2D eigenvalue weighted by atomic mass is 10.0. The van der Waals surface area contributed by atoms with Gasteiger partial charge < -0.3 is 10.2 Å². The van der Waals surface area contributed by atoms with Gasteiger partial charge in [0.1, 0.15) is 12.6 Å². The van der Waals surface area contributed by atoms with Gasteiger partial charge in [-0.1, -0.05) is 102 Å². The van der Waals surface area contributed by atoms with E-state index in [1.165, 1.54) is 42.3 Å². The van der Waals surface area contributed by atoms with Crippen LogP contribution in [0.1, 0.15) is 16.7 Å². The first-order valence-corrected chi connectivity index (χ1v) is 15.4. The molecule has 0 aliphatic rings. The molecule has 42 heavy (non-hydrogen) atoms. The van der Waals surface area contributed by atoms with Crippen LogP contribution >= 0.6 is 23.2 Å². The summed E-state index contributed by atoms with van der Waals surface area (Å²) in [5.74, 6) is -0.934. The molecule has 1 atom stereocenters. The van der Waals surface area contributed by atoms with Crippen LogP contribution in [-0.4, -0.2) is 44.8 Å². The van der Waals surface area contributed by atoms with Crippen LogP contribution in [0.3, 0.4) is 0 Å². The molecule has 4 rings (SSSR count). The zero-order chi connectivity index (χ0) is 30.3. The molecule has 7 nitrogen and oxygen atoms in total. The molecule has 0 saturated carbocycles. The standard InChI is InChI=1S/C32H31Cl2N3O4S/c1-23-13-16-27(17-14-23)42(40,41)37(26-15-18-28(33)29(34)20-26)22-31(38)36(21-25-11-7-4-8-12-25)30(32(39)35-2)19-24-9-5-3-6-10-24/h3-18,20,30H,19,21-22H2,1-2H3,(H,35,39)/t30-/m0/s1.